The summed E-state index contributed by atoms with van der Waals surface area (Å²) in [5, 5.41) is 0.743. The zero-order valence-corrected chi connectivity index (χ0v) is 20.5. The van der Waals surface area contributed by atoms with E-state index in [0.717, 1.165) is 0 Å². The van der Waals surface area contributed by atoms with E-state index in [1.165, 1.54) is 15.9 Å². The molecule has 0 N–H and O–H groups in total. The van der Waals surface area contributed by atoms with Gasteiger partial charge in [0.05, 0.1) is 38.5 Å². The highest BCUT2D eigenvalue weighted by atomic mass is 35.5. The molecule has 10 heteroatoms. The Bertz CT molecular complexity index is 1540. The molecule has 3 aromatic rings. The number of carbonyl (C=O) groups is 1. The molecule has 2 aromatic carbocycles. The van der Waals surface area contributed by atoms with Crippen molar-refractivity contribution >= 4 is 46.6 Å². The summed E-state index contributed by atoms with van der Waals surface area (Å²) in [5.41, 5.74) is 1.75. The first-order valence-electron chi connectivity index (χ1n) is 10.4. The SMILES string of the molecule is CCOC(=O)C1=C(C)N=c2s/c(=C/c3cccc(Cl)c3Cl)c(=O)n2[C@@H]1c1ccc2c(c1)OCO2. The van der Waals surface area contributed by atoms with Gasteiger partial charge in [-0.3, -0.25) is 9.36 Å². The van der Waals surface area contributed by atoms with Gasteiger partial charge in [0.2, 0.25) is 6.79 Å². The topological polar surface area (TPSA) is 79.1 Å². The lowest BCUT2D eigenvalue weighted by Crippen LogP contribution is -2.39. The van der Waals surface area contributed by atoms with Crippen molar-refractivity contribution in [1.82, 2.24) is 4.57 Å². The summed E-state index contributed by atoms with van der Waals surface area (Å²) in [7, 11) is 0. The van der Waals surface area contributed by atoms with Gasteiger partial charge in [0.1, 0.15) is 0 Å². The first kappa shape index (κ1) is 22.7. The number of nitrogens with zero attached hydrogens (tertiary/aromatic N) is 2. The summed E-state index contributed by atoms with van der Waals surface area (Å²) in [6.45, 7) is 3.77. The fourth-order valence-electron chi connectivity index (χ4n) is 3.96. The van der Waals surface area contributed by atoms with Crippen LogP contribution in [-0.2, 0) is 9.53 Å². The van der Waals surface area contributed by atoms with Gasteiger partial charge in [0.15, 0.2) is 16.3 Å². The Morgan fingerprint density at radius 3 is 2.85 bits per heavy atom. The van der Waals surface area contributed by atoms with Crippen LogP contribution in [0.25, 0.3) is 6.08 Å². The number of thiazole rings is 1. The molecule has 0 saturated carbocycles. The number of esters is 1. The third-order valence-corrected chi connectivity index (χ3v) is 7.31. The lowest BCUT2D eigenvalue weighted by Gasteiger charge is -2.24. The van der Waals surface area contributed by atoms with Gasteiger partial charge in [0.25, 0.3) is 5.56 Å². The van der Waals surface area contributed by atoms with Crippen LogP contribution >= 0.6 is 34.5 Å². The number of hydrogen-bond donors (Lipinski definition) is 0. The lowest BCUT2D eigenvalue weighted by atomic mass is 9.95. The Morgan fingerprint density at radius 2 is 2.06 bits per heavy atom. The van der Waals surface area contributed by atoms with E-state index in [2.05, 4.69) is 4.99 Å². The highest BCUT2D eigenvalue weighted by molar-refractivity contribution is 7.07. The second-order valence-corrected chi connectivity index (χ2v) is 9.35. The van der Waals surface area contributed by atoms with Gasteiger partial charge >= 0.3 is 5.97 Å². The number of carbonyl (C=O) groups excluding carboxylic acids is 1. The van der Waals surface area contributed by atoms with Crippen LogP contribution in [0.1, 0.15) is 31.0 Å². The van der Waals surface area contributed by atoms with Crippen molar-refractivity contribution in [2.24, 2.45) is 4.99 Å². The van der Waals surface area contributed by atoms with Crippen LogP contribution in [0.3, 0.4) is 0 Å². The van der Waals surface area contributed by atoms with Crippen molar-refractivity contribution in [3.63, 3.8) is 0 Å². The molecule has 0 radical (unpaired) electrons. The van der Waals surface area contributed by atoms with Crippen molar-refractivity contribution in [3.8, 4) is 11.5 Å². The molecule has 1 aromatic heterocycles. The molecule has 0 spiro atoms. The highest BCUT2D eigenvalue weighted by Crippen LogP contribution is 2.38. The molecular weight excluding hydrogens is 499 g/mol. The molecule has 0 amide bonds. The fraction of sp³-hybridized carbons (Fsp3) is 0.208. The Labute approximate surface area is 208 Å². The second kappa shape index (κ2) is 8.94. The number of hydrogen-bond acceptors (Lipinski definition) is 7. The highest BCUT2D eigenvalue weighted by Gasteiger charge is 2.34. The minimum atomic E-state index is -0.748. The van der Waals surface area contributed by atoms with Gasteiger partial charge in [-0.2, -0.15) is 0 Å². The number of rotatable bonds is 4. The average Bonchev–Trinajstić information content (AvgIpc) is 3.40. The molecule has 0 fully saturated rings. The van der Waals surface area contributed by atoms with E-state index in [1.807, 2.05) is 0 Å². The summed E-state index contributed by atoms with van der Waals surface area (Å²) in [6, 6.07) is 9.81. The van der Waals surface area contributed by atoms with Crippen LogP contribution in [-0.4, -0.2) is 23.9 Å². The number of ether oxygens (including phenoxy) is 3. The normalized spacial score (nSPS) is 16.9. The molecule has 0 saturated heterocycles. The predicted molar refractivity (Wildman–Crippen MR) is 129 cm³/mol. The van der Waals surface area contributed by atoms with E-state index in [1.54, 1.807) is 56.3 Å². The maximum Gasteiger partial charge on any atom is 0.338 e. The van der Waals surface area contributed by atoms with E-state index >= 15 is 0 Å². The summed E-state index contributed by atoms with van der Waals surface area (Å²) in [5.74, 6) is 0.618. The average molecular weight is 517 g/mol. The zero-order chi connectivity index (χ0) is 24.0. The molecule has 3 heterocycles. The van der Waals surface area contributed by atoms with Crippen molar-refractivity contribution in [3.05, 3.63) is 88.5 Å². The predicted octanol–water partition coefficient (Wildman–Crippen LogP) is 3.83. The summed E-state index contributed by atoms with van der Waals surface area (Å²) >= 11 is 13.7. The fourth-order valence-corrected chi connectivity index (χ4v) is 5.36. The van der Waals surface area contributed by atoms with Gasteiger partial charge in [-0.05, 0) is 49.2 Å². The maximum absolute atomic E-state index is 13.6. The Balaban J connectivity index is 1.74. The third kappa shape index (κ3) is 3.81. The van der Waals surface area contributed by atoms with Crippen LogP contribution in [0.5, 0.6) is 11.5 Å². The van der Waals surface area contributed by atoms with Gasteiger partial charge in [-0.15, -0.1) is 0 Å². The van der Waals surface area contributed by atoms with E-state index in [-0.39, 0.29) is 19.0 Å². The summed E-state index contributed by atoms with van der Waals surface area (Å²) < 4.78 is 18.2. The third-order valence-electron chi connectivity index (χ3n) is 5.50. The standard InChI is InChI=1S/C24H18Cl2N2O5S/c1-3-31-23(30)19-12(2)27-24-28(21(19)14-7-8-16-17(9-14)33-11-32-16)22(29)18(34-24)10-13-5-4-6-15(25)20(13)26/h4-10,21H,3,11H2,1-2H3/b18-10+/t21-/m1/s1. The van der Waals surface area contributed by atoms with E-state index < -0.39 is 12.0 Å². The molecule has 0 aliphatic carbocycles. The number of aromatic nitrogens is 1. The van der Waals surface area contributed by atoms with E-state index in [4.69, 9.17) is 37.4 Å². The summed E-state index contributed by atoms with van der Waals surface area (Å²) in [4.78, 5) is 31.6. The minimum Gasteiger partial charge on any atom is -0.463 e. The van der Waals surface area contributed by atoms with Gasteiger partial charge in [-0.1, -0.05) is 52.7 Å². The van der Waals surface area contributed by atoms with Crippen LogP contribution in [0.2, 0.25) is 10.0 Å². The zero-order valence-electron chi connectivity index (χ0n) is 18.1. The molecule has 2 aliphatic rings. The maximum atomic E-state index is 13.6. The van der Waals surface area contributed by atoms with Crippen LogP contribution < -0.4 is 24.4 Å². The summed E-state index contributed by atoms with van der Waals surface area (Å²) in [6.07, 6.45) is 1.68. The number of allylic oxidation sites excluding steroid dienone is 1. The lowest BCUT2D eigenvalue weighted by molar-refractivity contribution is -0.139. The van der Waals surface area contributed by atoms with E-state index in [9.17, 15) is 9.59 Å². The molecular formula is C24H18Cl2N2O5S. The molecule has 7 nitrogen and oxygen atoms in total. The van der Waals surface area contributed by atoms with E-state index in [0.29, 0.717) is 53.3 Å². The van der Waals surface area contributed by atoms with Gasteiger partial charge in [0, 0.05) is 0 Å². The van der Waals surface area contributed by atoms with Crippen molar-refractivity contribution in [2.45, 2.75) is 19.9 Å². The quantitative estimate of drug-likeness (QED) is 0.492. The van der Waals surface area contributed by atoms with Crippen LogP contribution in [0.4, 0.5) is 0 Å². The second-order valence-electron chi connectivity index (χ2n) is 7.56. The van der Waals surface area contributed by atoms with Crippen molar-refractivity contribution in [2.75, 3.05) is 13.4 Å². The number of benzene rings is 2. The van der Waals surface area contributed by atoms with Crippen LogP contribution in [0.15, 0.2) is 57.5 Å². The van der Waals surface area contributed by atoms with Gasteiger partial charge < -0.3 is 14.2 Å². The van der Waals surface area contributed by atoms with Crippen molar-refractivity contribution in [1.29, 1.82) is 0 Å². The van der Waals surface area contributed by atoms with Crippen LogP contribution in [0, 0.1) is 0 Å². The first-order chi connectivity index (χ1) is 16.4. The molecule has 174 valence electrons. The molecule has 5 rings (SSSR count). The monoisotopic (exact) mass is 516 g/mol. The largest absolute Gasteiger partial charge is 0.463 e. The molecule has 1 atom stereocenters. The molecule has 0 bridgehead atoms. The van der Waals surface area contributed by atoms with Gasteiger partial charge in [-0.25, -0.2) is 9.79 Å². The Hall–Kier alpha value is -3.07. The smallest absolute Gasteiger partial charge is 0.338 e. The van der Waals surface area contributed by atoms with Crippen molar-refractivity contribution < 1.29 is 19.0 Å². The Morgan fingerprint density at radius 1 is 1.26 bits per heavy atom. The number of halogens is 2. The molecule has 2 aliphatic heterocycles. The number of fused-ring (bicyclic) bond motifs is 2. The molecule has 34 heavy (non-hydrogen) atoms. The minimum absolute atomic E-state index is 0.113. The first-order valence-corrected chi connectivity index (χ1v) is 12.0. The molecule has 0 unspecified atom stereocenters. The Kier molecular flexibility index (Phi) is 5.97.